The van der Waals surface area contributed by atoms with Gasteiger partial charge in [-0.2, -0.15) is 0 Å². The molecular weight excluding hydrogens is 337 g/mol. The zero-order valence-corrected chi connectivity index (χ0v) is 10.3. The van der Waals surface area contributed by atoms with Crippen molar-refractivity contribution in [2.45, 2.75) is 0 Å². The van der Waals surface area contributed by atoms with Crippen molar-refractivity contribution in [1.29, 1.82) is 0 Å². The summed E-state index contributed by atoms with van der Waals surface area (Å²) in [5.74, 6) is -1.24. The fourth-order valence-electron chi connectivity index (χ4n) is 1.04. The first kappa shape index (κ1) is 12.3. The van der Waals surface area contributed by atoms with Crippen LogP contribution in [0, 0.1) is 15.9 Å². The van der Waals surface area contributed by atoms with Gasteiger partial charge < -0.3 is 0 Å². The van der Waals surface area contributed by atoms with Crippen molar-refractivity contribution < 1.29 is 14.1 Å². The van der Waals surface area contributed by atoms with Gasteiger partial charge in [-0.15, -0.1) is 0 Å². The molecule has 1 rings (SSSR count). The molecule has 0 bridgehead atoms. The molecule has 80 valence electrons. The van der Waals surface area contributed by atoms with E-state index in [-0.39, 0.29) is 15.4 Å². The van der Waals surface area contributed by atoms with Crippen LogP contribution in [0.1, 0.15) is 10.4 Å². The predicted molar refractivity (Wildman–Crippen MR) is 58.9 cm³/mol. The number of ketones is 1. The number of nitrogens with zero attached hydrogens (tertiary/aromatic N) is 1. The highest BCUT2D eigenvalue weighted by molar-refractivity contribution is 9.10. The number of alkyl halides is 1. The molecule has 4 nitrogen and oxygen atoms in total. The van der Waals surface area contributed by atoms with Gasteiger partial charge in [0.1, 0.15) is 11.4 Å². The highest BCUT2D eigenvalue weighted by Crippen LogP contribution is 2.30. The highest BCUT2D eigenvalue weighted by Gasteiger charge is 2.24. The summed E-state index contributed by atoms with van der Waals surface area (Å²) in [6.45, 7) is 0. The van der Waals surface area contributed by atoms with Crippen LogP contribution >= 0.6 is 31.9 Å². The number of Topliss-reactive ketones (excluding diaryl/α,β-unsaturated/α-hetero) is 1. The van der Waals surface area contributed by atoms with Gasteiger partial charge in [0.2, 0.25) is 0 Å². The summed E-state index contributed by atoms with van der Waals surface area (Å²) in [5, 5.41) is 10.6. The topological polar surface area (TPSA) is 60.2 Å². The lowest BCUT2D eigenvalue weighted by atomic mass is 10.1. The van der Waals surface area contributed by atoms with E-state index >= 15 is 0 Å². The van der Waals surface area contributed by atoms with Crippen molar-refractivity contribution in [1.82, 2.24) is 0 Å². The fraction of sp³-hybridized carbons (Fsp3) is 0.125. The van der Waals surface area contributed by atoms with Crippen LogP contribution in [0.5, 0.6) is 0 Å². The lowest BCUT2D eigenvalue weighted by Crippen LogP contribution is -2.06. The molecule has 0 saturated heterocycles. The summed E-state index contributed by atoms with van der Waals surface area (Å²) >= 11 is 5.72. The van der Waals surface area contributed by atoms with Gasteiger partial charge in [-0.3, -0.25) is 14.9 Å². The van der Waals surface area contributed by atoms with Gasteiger partial charge in [0, 0.05) is 0 Å². The molecule has 0 fully saturated rings. The van der Waals surface area contributed by atoms with Crippen molar-refractivity contribution >= 4 is 43.3 Å². The molecule has 0 aliphatic rings. The molecule has 0 amide bonds. The molecule has 0 unspecified atom stereocenters. The third-order valence-corrected chi connectivity index (χ3v) is 2.75. The van der Waals surface area contributed by atoms with E-state index in [1.54, 1.807) is 0 Å². The zero-order chi connectivity index (χ0) is 11.6. The summed E-state index contributed by atoms with van der Waals surface area (Å²) in [5.41, 5.74) is -0.662. The van der Waals surface area contributed by atoms with Crippen molar-refractivity contribution in [2.75, 3.05) is 5.33 Å². The van der Waals surface area contributed by atoms with E-state index in [9.17, 15) is 19.3 Å². The fourth-order valence-corrected chi connectivity index (χ4v) is 1.92. The predicted octanol–water partition coefficient (Wildman–Crippen LogP) is 3.07. The summed E-state index contributed by atoms with van der Waals surface area (Å²) in [4.78, 5) is 21.2. The van der Waals surface area contributed by atoms with Crippen LogP contribution in [0.3, 0.4) is 0 Å². The van der Waals surface area contributed by atoms with Crippen LogP contribution in [0.2, 0.25) is 0 Å². The van der Waals surface area contributed by atoms with Gasteiger partial charge in [0.05, 0.1) is 14.7 Å². The van der Waals surface area contributed by atoms with Gasteiger partial charge in [0.25, 0.3) is 5.69 Å². The lowest BCUT2D eigenvalue weighted by molar-refractivity contribution is -0.386. The van der Waals surface area contributed by atoms with Crippen LogP contribution in [-0.4, -0.2) is 16.0 Å². The minimum absolute atomic E-state index is 0.0446. The third kappa shape index (κ3) is 2.60. The monoisotopic (exact) mass is 339 g/mol. The number of benzene rings is 1. The Balaban J connectivity index is 3.46. The molecule has 0 aliphatic heterocycles. The van der Waals surface area contributed by atoms with E-state index < -0.39 is 22.2 Å². The van der Waals surface area contributed by atoms with E-state index in [2.05, 4.69) is 31.9 Å². The average molecular weight is 341 g/mol. The average Bonchev–Trinajstić information content (AvgIpc) is 2.14. The molecule has 0 aromatic heterocycles. The number of rotatable bonds is 3. The number of carbonyl (C=O) groups excluding carboxylic acids is 1. The third-order valence-electron chi connectivity index (χ3n) is 1.63. The minimum atomic E-state index is -0.723. The molecule has 0 heterocycles. The van der Waals surface area contributed by atoms with Gasteiger partial charge in [-0.1, -0.05) is 15.9 Å². The Morgan fingerprint density at radius 2 is 2.13 bits per heavy atom. The Kier molecular flexibility index (Phi) is 3.92. The SMILES string of the molecule is O=C(CBr)c1cc(F)cc(Br)c1[N+](=O)[O-]. The van der Waals surface area contributed by atoms with Crippen molar-refractivity contribution in [3.05, 3.63) is 38.1 Å². The molecule has 0 radical (unpaired) electrons. The van der Waals surface area contributed by atoms with E-state index in [0.717, 1.165) is 12.1 Å². The summed E-state index contributed by atoms with van der Waals surface area (Å²) < 4.78 is 12.9. The second-order valence-electron chi connectivity index (χ2n) is 2.60. The molecule has 0 aliphatic carbocycles. The van der Waals surface area contributed by atoms with E-state index in [4.69, 9.17) is 0 Å². The zero-order valence-electron chi connectivity index (χ0n) is 7.17. The number of hydrogen-bond donors (Lipinski definition) is 0. The number of hydrogen-bond acceptors (Lipinski definition) is 3. The maximum Gasteiger partial charge on any atom is 0.294 e. The molecule has 15 heavy (non-hydrogen) atoms. The Bertz CT molecular complexity index is 436. The molecular formula is C8H4Br2FNO3. The Hall–Kier alpha value is -0.820. The van der Waals surface area contributed by atoms with E-state index in [1.807, 2.05) is 0 Å². The summed E-state index contributed by atoms with van der Waals surface area (Å²) in [6, 6.07) is 1.80. The molecule has 1 aromatic rings. The smallest absolute Gasteiger partial charge is 0.293 e. The molecule has 7 heteroatoms. The van der Waals surface area contributed by atoms with Gasteiger partial charge in [-0.25, -0.2) is 4.39 Å². The first-order valence-corrected chi connectivity index (χ1v) is 5.61. The van der Waals surface area contributed by atoms with Crippen molar-refractivity contribution in [2.24, 2.45) is 0 Å². The second kappa shape index (κ2) is 4.80. The van der Waals surface area contributed by atoms with E-state index in [0.29, 0.717) is 0 Å². The number of halogens is 3. The first-order valence-electron chi connectivity index (χ1n) is 3.70. The van der Waals surface area contributed by atoms with E-state index in [1.165, 1.54) is 0 Å². The van der Waals surface area contributed by atoms with Gasteiger partial charge in [0.15, 0.2) is 5.78 Å². The maximum absolute atomic E-state index is 12.9. The number of nitro groups is 1. The highest BCUT2D eigenvalue weighted by atomic mass is 79.9. The van der Waals surface area contributed by atoms with Crippen molar-refractivity contribution in [3.63, 3.8) is 0 Å². The summed E-state index contributed by atoms with van der Waals surface area (Å²) in [7, 11) is 0. The second-order valence-corrected chi connectivity index (χ2v) is 4.01. The summed E-state index contributed by atoms with van der Waals surface area (Å²) in [6.07, 6.45) is 0. The largest absolute Gasteiger partial charge is 0.294 e. The van der Waals surface area contributed by atoms with Crippen LogP contribution in [0.15, 0.2) is 16.6 Å². The standard InChI is InChI=1S/C8H4Br2FNO3/c9-3-7(13)5-1-4(11)2-6(10)8(5)12(14)15/h1-2H,3H2. The molecule has 0 spiro atoms. The van der Waals surface area contributed by atoms with Gasteiger partial charge in [-0.05, 0) is 28.1 Å². The molecule has 0 saturated carbocycles. The Morgan fingerprint density at radius 1 is 1.53 bits per heavy atom. The molecule has 0 N–H and O–H groups in total. The first-order chi connectivity index (χ1) is 6.97. The number of carbonyl (C=O) groups is 1. The van der Waals surface area contributed by atoms with Crippen LogP contribution < -0.4 is 0 Å². The number of nitro benzene ring substituents is 1. The Labute approximate surface area is 101 Å². The van der Waals surface area contributed by atoms with Crippen molar-refractivity contribution in [3.8, 4) is 0 Å². The molecule has 1 aromatic carbocycles. The maximum atomic E-state index is 12.9. The van der Waals surface area contributed by atoms with Crippen LogP contribution in [-0.2, 0) is 0 Å². The normalized spacial score (nSPS) is 10.1. The van der Waals surface area contributed by atoms with Crippen LogP contribution in [0.4, 0.5) is 10.1 Å². The van der Waals surface area contributed by atoms with Gasteiger partial charge >= 0.3 is 0 Å². The lowest BCUT2D eigenvalue weighted by Gasteiger charge is -2.02. The molecule has 0 atom stereocenters. The minimum Gasteiger partial charge on any atom is -0.293 e. The Morgan fingerprint density at radius 3 is 2.60 bits per heavy atom. The van der Waals surface area contributed by atoms with Crippen LogP contribution in [0.25, 0.3) is 0 Å². The quantitative estimate of drug-likeness (QED) is 0.367.